The van der Waals surface area contributed by atoms with Crippen molar-refractivity contribution in [1.82, 2.24) is 4.90 Å². The first-order chi connectivity index (χ1) is 15.2. The van der Waals surface area contributed by atoms with Crippen molar-refractivity contribution in [3.8, 4) is 11.5 Å². The molecule has 0 spiro atoms. The number of hydrogen-bond donors (Lipinski definition) is 0. The van der Waals surface area contributed by atoms with Crippen LogP contribution in [-0.2, 0) is 15.8 Å². The van der Waals surface area contributed by atoms with Gasteiger partial charge in [-0.1, -0.05) is 48.5 Å². The molecule has 0 heterocycles. The van der Waals surface area contributed by atoms with E-state index in [0.717, 1.165) is 23.6 Å². The maximum atomic E-state index is 12.0. The molecule has 1 atom stereocenters. The summed E-state index contributed by atoms with van der Waals surface area (Å²) in [6, 6.07) is 21.3. The first-order valence-corrected chi connectivity index (χ1v) is 10.8. The van der Waals surface area contributed by atoms with E-state index in [-0.39, 0.29) is 46.7 Å². The fourth-order valence-electron chi connectivity index (χ4n) is 2.43. The zero-order valence-electron chi connectivity index (χ0n) is 18.5. The second-order valence-corrected chi connectivity index (χ2v) is 8.02. The fraction of sp³-hybridized carbons (Fsp3) is 0.136. The molecule has 0 radical (unpaired) electrons. The largest absolute Gasteiger partial charge is 1.00 e. The maximum Gasteiger partial charge on any atom is 1.00 e. The van der Waals surface area contributed by atoms with Gasteiger partial charge in [-0.25, -0.2) is 4.57 Å². The Morgan fingerprint density at radius 2 is 1.45 bits per heavy atom. The van der Waals surface area contributed by atoms with Gasteiger partial charge in [0.05, 0.1) is 11.0 Å². The fourth-order valence-corrected chi connectivity index (χ4v) is 3.22. The molecule has 0 aliphatic carbocycles. The smallest absolute Gasteiger partial charge is 0.736 e. The molecule has 33 heavy (non-hydrogen) atoms. The number of amides is 1. The molecule has 11 heteroatoms. The van der Waals surface area contributed by atoms with Crippen LogP contribution >= 0.6 is 7.82 Å². The number of nitro benzene ring substituents is 1. The number of carbonyl (C=O) groups is 1. The van der Waals surface area contributed by atoms with E-state index in [9.17, 15) is 24.4 Å². The van der Waals surface area contributed by atoms with Crippen LogP contribution in [0.1, 0.15) is 11.1 Å². The summed E-state index contributed by atoms with van der Waals surface area (Å²) >= 11 is 0. The summed E-state index contributed by atoms with van der Waals surface area (Å²) in [6.07, 6.45) is 1.46. The maximum absolute atomic E-state index is 12.0. The summed E-state index contributed by atoms with van der Waals surface area (Å²) < 4.78 is 21.8. The Kier molecular flexibility index (Phi) is 11.8. The molecule has 0 aromatic heterocycles. The molecule has 3 rings (SSSR count). The Morgan fingerprint density at radius 3 is 2.00 bits per heavy atom. The third-order valence-corrected chi connectivity index (χ3v) is 4.72. The van der Waals surface area contributed by atoms with E-state index in [2.05, 4.69) is 0 Å². The summed E-state index contributed by atoms with van der Waals surface area (Å²) in [6.45, 7) is 0. The van der Waals surface area contributed by atoms with E-state index < -0.39 is 12.7 Å². The van der Waals surface area contributed by atoms with E-state index in [1.54, 1.807) is 26.2 Å². The second-order valence-electron chi connectivity index (χ2n) is 6.76. The number of carbonyl (C=O) groups excluding carboxylic acids is 1. The number of rotatable bonds is 8. The first kappa shape index (κ1) is 28.4. The molecule has 3 aromatic carbocycles. The monoisotopic (exact) mass is 480 g/mol. The summed E-state index contributed by atoms with van der Waals surface area (Å²) in [5.41, 5.74) is 1.85. The molecule has 9 nitrogen and oxygen atoms in total. The van der Waals surface area contributed by atoms with Gasteiger partial charge in [0, 0.05) is 20.2 Å². The average Bonchev–Trinajstić information content (AvgIpc) is 2.76. The van der Waals surface area contributed by atoms with Gasteiger partial charge in [0.2, 0.25) is 6.41 Å². The average molecular weight is 480 g/mol. The van der Waals surface area contributed by atoms with E-state index >= 15 is 0 Å². The Labute approximate surface area is 214 Å². The van der Waals surface area contributed by atoms with Gasteiger partial charge < -0.3 is 18.8 Å². The minimum Gasteiger partial charge on any atom is -0.736 e. The molecule has 0 N–H and O–H groups in total. The molecule has 1 amide bonds. The Balaban J connectivity index is 0.000000821. The van der Waals surface area contributed by atoms with Crippen LogP contribution in [0, 0.1) is 10.1 Å². The molecule has 0 saturated carbocycles. The Bertz CT molecular complexity index is 1080. The van der Waals surface area contributed by atoms with Crippen LogP contribution in [0.5, 0.6) is 11.5 Å². The van der Waals surface area contributed by atoms with E-state index in [0.29, 0.717) is 6.42 Å². The predicted octanol–water partition coefficient (Wildman–Crippen LogP) is 0.820. The summed E-state index contributed by atoms with van der Waals surface area (Å²) in [5, 5.41) is 10.7. The number of hydrogen-bond acceptors (Lipinski definition) is 7. The van der Waals surface area contributed by atoms with Crippen molar-refractivity contribution < 1.29 is 57.8 Å². The zero-order valence-corrected chi connectivity index (χ0v) is 21.4. The Hall–Kier alpha value is -2.68. The van der Waals surface area contributed by atoms with Crippen molar-refractivity contribution in [3.05, 3.63) is 100 Å². The van der Waals surface area contributed by atoms with Crippen molar-refractivity contribution in [3.63, 3.8) is 0 Å². The van der Waals surface area contributed by atoms with Crippen molar-refractivity contribution in [2.24, 2.45) is 0 Å². The minimum absolute atomic E-state index is 0. The number of nitrogens with zero attached hydrogens (tertiary/aromatic N) is 2. The molecule has 0 saturated heterocycles. The topological polar surface area (TPSA) is 122 Å². The number of phosphoric ester groups is 1. The molecule has 0 bridgehead atoms. The van der Waals surface area contributed by atoms with E-state index in [4.69, 9.17) is 9.05 Å². The van der Waals surface area contributed by atoms with Crippen molar-refractivity contribution in [2.45, 2.75) is 6.42 Å². The van der Waals surface area contributed by atoms with Gasteiger partial charge in [0.25, 0.3) is 5.69 Å². The van der Waals surface area contributed by atoms with Crippen LogP contribution < -0.4 is 43.5 Å². The van der Waals surface area contributed by atoms with Crippen LogP contribution in [0.25, 0.3) is 0 Å². The zero-order chi connectivity index (χ0) is 23.6. The number of phosphoric acid groups is 1. The molecular formula is C22H22N2NaO7P. The first-order valence-electron chi connectivity index (χ1n) is 9.38. The van der Waals surface area contributed by atoms with Crippen LogP contribution in [0.3, 0.4) is 0 Å². The molecular weight excluding hydrogens is 458 g/mol. The number of nitro groups is 1. The molecule has 168 valence electrons. The van der Waals surface area contributed by atoms with Gasteiger partial charge in [0.1, 0.15) is 11.5 Å². The van der Waals surface area contributed by atoms with Crippen LogP contribution in [0.15, 0.2) is 78.9 Å². The molecule has 1 unspecified atom stereocenters. The molecule has 0 aliphatic heterocycles. The molecule has 0 aliphatic rings. The van der Waals surface area contributed by atoms with E-state index in [1.165, 1.54) is 35.2 Å². The third kappa shape index (κ3) is 10.7. The van der Waals surface area contributed by atoms with Crippen LogP contribution in [-0.4, -0.2) is 30.3 Å². The summed E-state index contributed by atoms with van der Waals surface area (Å²) in [4.78, 5) is 33.0. The molecule has 0 fully saturated rings. The van der Waals surface area contributed by atoms with Gasteiger partial charge in [-0.05, 0) is 35.7 Å². The SMILES string of the molecule is CN(C)C=O.O=[N+]([O-])c1cccc(OP(=O)([O-])Oc2ccc(Cc3ccccc3)cc2)c1.[Na+]. The number of benzene rings is 3. The van der Waals surface area contributed by atoms with Gasteiger partial charge in [0.15, 0.2) is 0 Å². The van der Waals surface area contributed by atoms with Gasteiger partial charge in [-0.15, -0.1) is 0 Å². The predicted molar refractivity (Wildman–Crippen MR) is 117 cm³/mol. The minimum atomic E-state index is -4.74. The van der Waals surface area contributed by atoms with Gasteiger partial charge in [-0.3, -0.25) is 14.9 Å². The van der Waals surface area contributed by atoms with Gasteiger partial charge in [-0.2, -0.15) is 0 Å². The van der Waals surface area contributed by atoms with Crippen molar-refractivity contribution >= 4 is 19.9 Å². The van der Waals surface area contributed by atoms with Crippen molar-refractivity contribution in [1.29, 1.82) is 0 Å². The summed E-state index contributed by atoms with van der Waals surface area (Å²) in [7, 11) is -1.37. The third-order valence-electron chi connectivity index (χ3n) is 3.85. The number of non-ortho nitro benzene ring substituents is 1. The standard InChI is InChI=1S/C19H16NO6P.C3H7NO.Na/c21-20(22)17-7-4-8-19(14-17)26-27(23,24)25-18-11-9-16(10-12-18)13-15-5-2-1-3-6-15;1-4(2)3-5;/h1-12,14H,13H2,(H,23,24);3H,1-2H3;/q;;+1/p-1. The van der Waals surface area contributed by atoms with Crippen molar-refractivity contribution in [2.75, 3.05) is 14.1 Å². The van der Waals surface area contributed by atoms with Crippen LogP contribution in [0.4, 0.5) is 5.69 Å². The molecule has 3 aromatic rings. The summed E-state index contributed by atoms with van der Waals surface area (Å²) in [5.74, 6) is -0.0983. The Morgan fingerprint density at radius 1 is 0.909 bits per heavy atom. The van der Waals surface area contributed by atoms with Gasteiger partial charge >= 0.3 is 37.4 Å². The van der Waals surface area contributed by atoms with E-state index in [1.807, 2.05) is 30.3 Å². The second kappa shape index (κ2) is 13.8. The quantitative estimate of drug-likeness (QED) is 0.154. The van der Waals surface area contributed by atoms with Crippen LogP contribution in [0.2, 0.25) is 0 Å². The normalized spacial score (nSPS) is 11.5.